The molecule has 0 N–H and O–H groups in total. The van der Waals surface area contributed by atoms with Gasteiger partial charge in [0.25, 0.3) is 0 Å². The third-order valence-corrected chi connectivity index (χ3v) is 1.71. The molecular weight excluding hydrogens is 146 g/mol. The van der Waals surface area contributed by atoms with Gasteiger partial charge in [0, 0.05) is 17.6 Å². The number of thiocarbonyl (C=S) groups is 1. The normalized spacial score (nSPS) is 18.3. The van der Waals surface area contributed by atoms with E-state index in [9.17, 15) is 4.79 Å². The Morgan fingerprint density at radius 3 is 3.00 bits per heavy atom. The number of hydrogen-bond donors (Lipinski definition) is 0. The molecule has 0 aromatic heterocycles. The number of allylic oxidation sites excluding steroid dienone is 1. The van der Waals surface area contributed by atoms with Gasteiger partial charge in [-0.1, -0.05) is 12.2 Å². The van der Waals surface area contributed by atoms with E-state index in [0.29, 0.717) is 6.42 Å². The van der Waals surface area contributed by atoms with E-state index in [1.807, 2.05) is 6.92 Å². The monoisotopic (exact) mass is 155 g/mol. The molecule has 1 aliphatic heterocycles. The molecule has 0 atom stereocenters. The van der Waals surface area contributed by atoms with E-state index in [0.717, 1.165) is 11.4 Å². The van der Waals surface area contributed by atoms with Crippen LogP contribution in [-0.2, 0) is 4.79 Å². The molecule has 0 bridgehead atoms. The number of nitrogens with zero attached hydrogens (tertiary/aromatic N) is 1. The van der Waals surface area contributed by atoms with Crippen LogP contribution in [0.25, 0.3) is 0 Å². The lowest BCUT2D eigenvalue weighted by molar-refractivity contribution is -0.127. The number of rotatable bonds is 1. The van der Waals surface area contributed by atoms with Gasteiger partial charge in [-0.3, -0.25) is 4.79 Å². The van der Waals surface area contributed by atoms with Gasteiger partial charge in [0.2, 0.25) is 5.91 Å². The summed E-state index contributed by atoms with van der Waals surface area (Å²) in [6.45, 7) is 2.68. The van der Waals surface area contributed by atoms with E-state index < -0.39 is 0 Å². The molecule has 0 saturated heterocycles. The Labute approximate surface area is 65.5 Å². The smallest absolute Gasteiger partial charge is 0.231 e. The summed E-state index contributed by atoms with van der Waals surface area (Å²) >= 11 is 4.85. The Morgan fingerprint density at radius 2 is 2.50 bits per heavy atom. The van der Waals surface area contributed by atoms with Crippen LogP contribution in [0, 0.1) is 0 Å². The zero-order valence-electron chi connectivity index (χ0n) is 5.83. The summed E-state index contributed by atoms with van der Waals surface area (Å²) in [6.07, 6.45) is 3.95. The molecule has 1 heterocycles. The quantitative estimate of drug-likeness (QED) is 0.529. The maximum absolute atomic E-state index is 11.0. The maximum atomic E-state index is 11.0. The van der Waals surface area contributed by atoms with E-state index >= 15 is 0 Å². The standard InChI is InChI=1S/C7H9NOS/c1-2-8-4-3-6(10)5-7(8)9/h3-4H,2,5H2,1H3. The third kappa shape index (κ3) is 1.42. The van der Waals surface area contributed by atoms with Crippen LogP contribution in [0.2, 0.25) is 0 Å². The molecule has 1 aliphatic rings. The van der Waals surface area contributed by atoms with Crippen LogP contribution in [0.4, 0.5) is 0 Å². The summed E-state index contributed by atoms with van der Waals surface area (Å²) in [5.74, 6) is 0.106. The van der Waals surface area contributed by atoms with Crippen molar-refractivity contribution in [3.63, 3.8) is 0 Å². The fraction of sp³-hybridized carbons (Fsp3) is 0.429. The van der Waals surface area contributed by atoms with Crippen LogP contribution in [0.3, 0.4) is 0 Å². The van der Waals surface area contributed by atoms with Crippen LogP contribution >= 0.6 is 12.2 Å². The summed E-state index contributed by atoms with van der Waals surface area (Å²) in [5.41, 5.74) is 0. The van der Waals surface area contributed by atoms with E-state index in [1.54, 1.807) is 17.2 Å². The minimum Gasteiger partial charge on any atom is -0.319 e. The van der Waals surface area contributed by atoms with Crippen molar-refractivity contribution in [2.24, 2.45) is 0 Å². The lowest BCUT2D eigenvalue weighted by atomic mass is 10.2. The molecule has 1 rings (SSSR count). The molecule has 2 nitrogen and oxygen atoms in total. The molecule has 0 radical (unpaired) electrons. The summed E-state index contributed by atoms with van der Waals surface area (Å²) in [4.78, 5) is 13.4. The van der Waals surface area contributed by atoms with Crippen molar-refractivity contribution in [3.05, 3.63) is 12.3 Å². The second-order valence-electron chi connectivity index (χ2n) is 2.14. The molecule has 54 valence electrons. The Kier molecular flexibility index (Phi) is 2.17. The van der Waals surface area contributed by atoms with Crippen molar-refractivity contribution in [2.45, 2.75) is 13.3 Å². The molecule has 0 unspecified atom stereocenters. The third-order valence-electron chi connectivity index (χ3n) is 1.43. The minimum absolute atomic E-state index is 0.106. The Hall–Kier alpha value is -0.700. The highest BCUT2D eigenvalue weighted by Crippen LogP contribution is 2.04. The molecule has 0 fully saturated rings. The SMILES string of the molecule is CCN1C=CC(=S)CC1=O. The Morgan fingerprint density at radius 1 is 1.80 bits per heavy atom. The Balaban J connectivity index is 2.71. The van der Waals surface area contributed by atoms with Crippen molar-refractivity contribution >= 4 is 23.0 Å². The molecule has 0 aliphatic carbocycles. The van der Waals surface area contributed by atoms with Crippen LogP contribution in [-0.4, -0.2) is 22.2 Å². The molecular formula is C7H9NOS. The number of amides is 1. The van der Waals surface area contributed by atoms with Gasteiger partial charge in [-0.05, 0) is 13.0 Å². The van der Waals surface area contributed by atoms with Gasteiger partial charge in [-0.2, -0.15) is 0 Å². The summed E-state index contributed by atoms with van der Waals surface area (Å²) in [6, 6.07) is 0. The van der Waals surface area contributed by atoms with Crippen LogP contribution in [0.15, 0.2) is 12.3 Å². The topological polar surface area (TPSA) is 20.3 Å². The van der Waals surface area contributed by atoms with E-state index in [4.69, 9.17) is 12.2 Å². The predicted octanol–water partition coefficient (Wildman–Crippen LogP) is 1.12. The lowest BCUT2D eigenvalue weighted by Crippen LogP contribution is -2.29. The molecule has 0 spiro atoms. The first-order valence-electron chi connectivity index (χ1n) is 3.24. The molecule has 0 aromatic carbocycles. The molecule has 0 aromatic rings. The van der Waals surface area contributed by atoms with Crippen molar-refractivity contribution in [2.75, 3.05) is 6.54 Å². The zero-order valence-corrected chi connectivity index (χ0v) is 6.65. The lowest BCUT2D eigenvalue weighted by Gasteiger charge is -2.19. The van der Waals surface area contributed by atoms with Crippen LogP contribution in [0.5, 0.6) is 0 Å². The fourth-order valence-corrected chi connectivity index (χ4v) is 1.03. The van der Waals surface area contributed by atoms with E-state index in [-0.39, 0.29) is 5.91 Å². The number of carbonyl (C=O) groups excluding carboxylic acids is 1. The van der Waals surface area contributed by atoms with Crippen molar-refractivity contribution in [1.29, 1.82) is 0 Å². The molecule has 10 heavy (non-hydrogen) atoms. The highest BCUT2D eigenvalue weighted by molar-refractivity contribution is 7.80. The first kappa shape index (κ1) is 7.41. The van der Waals surface area contributed by atoms with E-state index in [1.165, 1.54) is 0 Å². The summed E-state index contributed by atoms with van der Waals surface area (Å²) in [7, 11) is 0. The second kappa shape index (κ2) is 2.92. The van der Waals surface area contributed by atoms with Gasteiger partial charge in [-0.15, -0.1) is 0 Å². The van der Waals surface area contributed by atoms with Crippen molar-refractivity contribution < 1.29 is 4.79 Å². The predicted molar refractivity (Wildman–Crippen MR) is 43.7 cm³/mol. The van der Waals surface area contributed by atoms with E-state index in [2.05, 4.69) is 0 Å². The first-order chi connectivity index (χ1) is 4.74. The van der Waals surface area contributed by atoms with Crippen molar-refractivity contribution in [3.8, 4) is 0 Å². The average Bonchev–Trinajstić information content (AvgIpc) is 1.88. The highest BCUT2D eigenvalue weighted by Gasteiger charge is 2.13. The largest absolute Gasteiger partial charge is 0.319 e. The average molecular weight is 155 g/mol. The molecule has 3 heteroatoms. The number of hydrogen-bond acceptors (Lipinski definition) is 2. The summed E-state index contributed by atoms with van der Waals surface area (Å²) in [5, 5.41) is 0. The Bertz CT molecular complexity index is 198. The summed E-state index contributed by atoms with van der Waals surface area (Å²) < 4.78 is 0. The van der Waals surface area contributed by atoms with Gasteiger partial charge in [-0.25, -0.2) is 0 Å². The second-order valence-corrected chi connectivity index (χ2v) is 2.66. The van der Waals surface area contributed by atoms with Gasteiger partial charge in [0.05, 0.1) is 6.42 Å². The van der Waals surface area contributed by atoms with Gasteiger partial charge < -0.3 is 4.90 Å². The minimum atomic E-state index is 0.106. The van der Waals surface area contributed by atoms with Crippen LogP contribution in [0.1, 0.15) is 13.3 Å². The molecule has 1 amide bonds. The molecule has 0 saturated carbocycles. The van der Waals surface area contributed by atoms with Gasteiger partial charge in [0.1, 0.15) is 0 Å². The fourth-order valence-electron chi connectivity index (χ4n) is 0.848. The zero-order chi connectivity index (χ0) is 7.56. The first-order valence-corrected chi connectivity index (χ1v) is 3.65. The van der Waals surface area contributed by atoms with Gasteiger partial charge >= 0.3 is 0 Å². The maximum Gasteiger partial charge on any atom is 0.231 e. The van der Waals surface area contributed by atoms with Gasteiger partial charge in [0.15, 0.2) is 0 Å². The van der Waals surface area contributed by atoms with Crippen molar-refractivity contribution in [1.82, 2.24) is 4.90 Å². The highest BCUT2D eigenvalue weighted by atomic mass is 32.1. The number of carbonyl (C=O) groups is 1. The van der Waals surface area contributed by atoms with Crippen LogP contribution < -0.4 is 0 Å².